The zero-order chi connectivity index (χ0) is 21.1. The van der Waals surface area contributed by atoms with Crippen LogP contribution in [-0.2, 0) is 9.47 Å². The zero-order valence-corrected chi connectivity index (χ0v) is 17.3. The molecule has 1 saturated carbocycles. The molecule has 0 unspecified atom stereocenters. The predicted molar refractivity (Wildman–Crippen MR) is 107 cm³/mol. The average molecular weight is 401 g/mol. The van der Waals surface area contributed by atoms with Gasteiger partial charge in [-0.25, -0.2) is 9.59 Å². The van der Waals surface area contributed by atoms with Crippen molar-refractivity contribution in [3.05, 3.63) is 30.1 Å². The van der Waals surface area contributed by atoms with Gasteiger partial charge in [-0.2, -0.15) is 0 Å². The van der Waals surface area contributed by atoms with Crippen molar-refractivity contribution in [1.29, 1.82) is 0 Å². The number of esters is 1. The lowest BCUT2D eigenvalue weighted by Gasteiger charge is -2.22. The number of hydrogen-bond donors (Lipinski definition) is 1. The van der Waals surface area contributed by atoms with Crippen LogP contribution in [0.5, 0.6) is 5.75 Å². The Kier molecular flexibility index (Phi) is 5.91. The SMILES string of the molecule is CCOC(=O)c1c(OCC2(CNC(=O)OC(C)(C)C)CC2)cnc2cccnc12. The fourth-order valence-electron chi connectivity index (χ4n) is 2.87. The Labute approximate surface area is 170 Å². The first-order chi connectivity index (χ1) is 13.7. The van der Waals surface area contributed by atoms with Crippen LogP contribution in [0.1, 0.15) is 50.9 Å². The Balaban J connectivity index is 1.71. The summed E-state index contributed by atoms with van der Waals surface area (Å²) in [6.07, 6.45) is 4.50. The first-order valence-corrected chi connectivity index (χ1v) is 9.73. The molecule has 0 radical (unpaired) electrons. The van der Waals surface area contributed by atoms with E-state index in [1.807, 2.05) is 20.8 Å². The van der Waals surface area contributed by atoms with Gasteiger partial charge < -0.3 is 19.5 Å². The maximum atomic E-state index is 12.5. The third-order valence-electron chi connectivity index (χ3n) is 4.57. The van der Waals surface area contributed by atoms with Gasteiger partial charge in [0, 0.05) is 18.2 Å². The molecule has 156 valence electrons. The van der Waals surface area contributed by atoms with Crippen LogP contribution in [0, 0.1) is 5.41 Å². The molecule has 8 nitrogen and oxygen atoms in total. The summed E-state index contributed by atoms with van der Waals surface area (Å²) in [7, 11) is 0. The number of pyridine rings is 2. The summed E-state index contributed by atoms with van der Waals surface area (Å²) < 4.78 is 16.4. The van der Waals surface area contributed by atoms with Crippen LogP contribution in [0.25, 0.3) is 11.0 Å². The predicted octanol–water partition coefficient (Wildman–Crippen LogP) is 3.49. The molecular formula is C21H27N3O5. The number of carbonyl (C=O) groups excluding carboxylic acids is 2. The summed E-state index contributed by atoms with van der Waals surface area (Å²) in [4.78, 5) is 33.1. The highest BCUT2D eigenvalue weighted by atomic mass is 16.6. The monoisotopic (exact) mass is 401 g/mol. The first-order valence-electron chi connectivity index (χ1n) is 9.73. The van der Waals surface area contributed by atoms with Crippen molar-refractivity contribution < 1.29 is 23.8 Å². The van der Waals surface area contributed by atoms with Crippen LogP contribution >= 0.6 is 0 Å². The Morgan fingerprint density at radius 1 is 1.24 bits per heavy atom. The number of nitrogens with one attached hydrogen (secondary N) is 1. The van der Waals surface area contributed by atoms with Gasteiger partial charge in [0.1, 0.15) is 16.7 Å². The quantitative estimate of drug-likeness (QED) is 0.709. The molecule has 0 bridgehead atoms. The minimum absolute atomic E-state index is 0.179. The van der Waals surface area contributed by atoms with Crippen molar-refractivity contribution in [2.75, 3.05) is 19.8 Å². The summed E-state index contributed by atoms with van der Waals surface area (Å²) in [6.45, 7) is 8.24. The lowest BCUT2D eigenvalue weighted by Crippen LogP contribution is -2.37. The van der Waals surface area contributed by atoms with E-state index in [0.717, 1.165) is 12.8 Å². The minimum atomic E-state index is -0.546. The molecule has 3 rings (SSSR count). The van der Waals surface area contributed by atoms with Gasteiger partial charge >= 0.3 is 12.1 Å². The molecule has 2 heterocycles. The van der Waals surface area contributed by atoms with Crippen LogP contribution in [0.4, 0.5) is 4.79 Å². The molecular weight excluding hydrogens is 374 g/mol. The largest absolute Gasteiger partial charge is 0.490 e. The first kappa shape index (κ1) is 20.8. The average Bonchev–Trinajstić information content (AvgIpc) is 3.43. The van der Waals surface area contributed by atoms with E-state index in [9.17, 15) is 9.59 Å². The Hall–Kier alpha value is -2.90. The van der Waals surface area contributed by atoms with Crippen molar-refractivity contribution in [1.82, 2.24) is 15.3 Å². The topological polar surface area (TPSA) is 99.6 Å². The molecule has 29 heavy (non-hydrogen) atoms. The van der Waals surface area contributed by atoms with Crippen molar-refractivity contribution in [2.24, 2.45) is 5.41 Å². The summed E-state index contributed by atoms with van der Waals surface area (Å²) in [5, 5.41) is 2.80. The smallest absolute Gasteiger partial charge is 0.407 e. The molecule has 1 amide bonds. The molecule has 0 spiro atoms. The van der Waals surface area contributed by atoms with Gasteiger partial charge in [0.2, 0.25) is 0 Å². The van der Waals surface area contributed by atoms with Crippen molar-refractivity contribution >= 4 is 23.1 Å². The fourth-order valence-corrected chi connectivity index (χ4v) is 2.87. The van der Waals surface area contributed by atoms with E-state index < -0.39 is 17.7 Å². The number of alkyl carbamates (subject to hydrolysis) is 1. The number of aromatic nitrogens is 2. The zero-order valence-electron chi connectivity index (χ0n) is 17.3. The molecule has 1 N–H and O–H groups in total. The molecule has 0 saturated heterocycles. The van der Waals surface area contributed by atoms with E-state index in [-0.39, 0.29) is 17.6 Å². The van der Waals surface area contributed by atoms with E-state index in [2.05, 4.69) is 15.3 Å². The Morgan fingerprint density at radius 3 is 2.66 bits per heavy atom. The molecule has 1 aliphatic rings. The molecule has 1 fully saturated rings. The molecule has 1 aliphatic carbocycles. The van der Waals surface area contributed by atoms with Crippen LogP contribution in [0.2, 0.25) is 0 Å². The number of rotatable bonds is 7. The van der Waals surface area contributed by atoms with E-state index in [4.69, 9.17) is 14.2 Å². The van der Waals surface area contributed by atoms with E-state index >= 15 is 0 Å². The van der Waals surface area contributed by atoms with Crippen LogP contribution in [0.15, 0.2) is 24.5 Å². The van der Waals surface area contributed by atoms with Crippen LogP contribution in [0.3, 0.4) is 0 Å². The molecule has 0 atom stereocenters. The molecule has 0 aromatic carbocycles. The lowest BCUT2D eigenvalue weighted by molar-refractivity contribution is 0.0509. The highest BCUT2D eigenvalue weighted by molar-refractivity contribution is 6.04. The summed E-state index contributed by atoms with van der Waals surface area (Å²) in [6, 6.07) is 3.54. The summed E-state index contributed by atoms with van der Waals surface area (Å²) >= 11 is 0. The normalized spacial score (nSPS) is 14.9. The van der Waals surface area contributed by atoms with Crippen molar-refractivity contribution in [2.45, 2.75) is 46.1 Å². The third-order valence-corrected chi connectivity index (χ3v) is 4.57. The molecule has 2 aromatic rings. The lowest BCUT2D eigenvalue weighted by atomic mass is 10.1. The second kappa shape index (κ2) is 8.23. The summed E-state index contributed by atoms with van der Waals surface area (Å²) in [5.74, 6) is -0.163. The maximum Gasteiger partial charge on any atom is 0.407 e. The third kappa shape index (κ3) is 5.34. The van der Waals surface area contributed by atoms with Crippen LogP contribution < -0.4 is 10.1 Å². The number of ether oxygens (including phenoxy) is 3. The van der Waals surface area contributed by atoms with Crippen LogP contribution in [-0.4, -0.2) is 47.4 Å². The molecule has 2 aromatic heterocycles. The van der Waals surface area contributed by atoms with E-state index in [1.165, 1.54) is 6.20 Å². The number of fused-ring (bicyclic) bond motifs is 1. The van der Waals surface area contributed by atoms with E-state index in [0.29, 0.717) is 29.9 Å². The highest BCUT2D eigenvalue weighted by Gasteiger charge is 2.44. The van der Waals surface area contributed by atoms with Crippen molar-refractivity contribution in [3.63, 3.8) is 0 Å². The summed E-state index contributed by atoms with van der Waals surface area (Å²) in [5.41, 5.74) is 0.585. The van der Waals surface area contributed by atoms with Gasteiger partial charge in [-0.3, -0.25) is 9.97 Å². The molecule has 8 heteroatoms. The van der Waals surface area contributed by atoms with Crippen molar-refractivity contribution in [3.8, 4) is 5.75 Å². The van der Waals surface area contributed by atoms with Gasteiger partial charge in [-0.15, -0.1) is 0 Å². The number of nitrogens with zero attached hydrogens (tertiary/aromatic N) is 2. The minimum Gasteiger partial charge on any atom is -0.490 e. The van der Waals surface area contributed by atoms with Gasteiger partial charge in [0.15, 0.2) is 5.75 Å². The fraction of sp³-hybridized carbons (Fsp3) is 0.524. The standard InChI is InChI=1S/C21H27N3O5/c1-5-27-18(25)16-15(11-23-14-7-6-10-22-17(14)16)28-13-21(8-9-21)12-24-19(26)29-20(2,3)4/h6-7,10-11H,5,8-9,12-13H2,1-4H3,(H,24,26). The number of amides is 1. The second-order valence-corrected chi connectivity index (χ2v) is 8.23. The molecule has 0 aliphatic heterocycles. The Morgan fingerprint density at radius 2 is 2.00 bits per heavy atom. The van der Waals surface area contributed by atoms with Gasteiger partial charge in [-0.05, 0) is 52.7 Å². The number of carbonyl (C=O) groups is 2. The number of hydrogen-bond acceptors (Lipinski definition) is 7. The van der Waals surface area contributed by atoms with E-state index in [1.54, 1.807) is 25.3 Å². The van der Waals surface area contributed by atoms with Gasteiger partial charge in [0.25, 0.3) is 0 Å². The maximum absolute atomic E-state index is 12.5. The Bertz CT molecular complexity index is 903. The van der Waals surface area contributed by atoms with Gasteiger partial charge in [0.05, 0.1) is 24.9 Å². The highest BCUT2D eigenvalue weighted by Crippen LogP contribution is 2.45. The second-order valence-electron chi connectivity index (χ2n) is 8.23. The van der Waals surface area contributed by atoms with Gasteiger partial charge in [-0.1, -0.05) is 0 Å².